The maximum absolute atomic E-state index is 12.3. The van der Waals surface area contributed by atoms with Crippen LogP contribution >= 0.6 is 0 Å². The summed E-state index contributed by atoms with van der Waals surface area (Å²) in [6, 6.07) is 8.24. The minimum atomic E-state index is -0.514. The number of piperazine rings is 1. The Bertz CT molecular complexity index is 629. The number of ether oxygens (including phenoxy) is 1. The molecule has 3 amide bonds. The van der Waals surface area contributed by atoms with Gasteiger partial charge in [0.25, 0.3) is 0 Å². The number of hydrogen-bond acceptors (Lipinski definition) is 4. The van der Waals surface area contributed by atoms with Gasteiger partial charge in [-0.3, -0.25) is 4.79 Å². The highest BCUT2D eigenvalue weighted by molar-refractivity contribution is 5.79. The van der Waals surface area contributed by atoms with Crippen molar-refractivity contribution in [3.8, 4) is 0 Å². The second-order valence-electron chi connectivity index (χ2n) is 6.67. The molecule has 2 fully saturated rings. The average Bonchev–Trinajstić information content (AvgIpc) is 3.10. The smallest absolute Gasteiger partial charge is 0.317 e. The topological polar surface area (TPSA) is 87.9 Å². The van der Waals surface area contributed by atoms with Gasteiger partial charge < -0.3 is 25.6 Å². The third-order valence-corrected chi connectivity index (χ3v) is 4.93. The van der Waals surface area contributed by atoms with E-state index in [9.17, 15) is 9.59 Å². The number of nitrogens with one attached hydrogen (secondary N) is 1. The van der Waals surface area contributed by atoms with Crippen LogP contribution in [0.5, 0.6) is 0 Å². The number of anilines is 1. The second kappa shape index (κ2) is 7.74. The van der Waals surface area contributed by atoms with Crippen LogP contribution in [0, 0.1) is 6.92 Å². The minimum absolute atomic E-state index is 0.0736. The van der Waals surface area contributed by atoms with Crippen LogP contribution in [0.4, 0.5) is 10.5 Å². The van der Waals surface area contributed by atoms with Crippen LogP contribution in [0.15, 0.2) is 24.3 Å². The molecule has 2 atom stereocenters. The van der Waals surface area contributed by atoms with E-state index in [0.29, 0.717) is 26.1 Å². The molecule has 7 heteroatoms. The van der Waals surface area contributed by atoms with Crippen molar-refractivity contribution < 1.29 is 14.3 Å². The van der Waals surface area contributed by atoms with Gasteiger partial charge in [0.15, 0.2) is 0 Å². The van der Waals surface area contributed by atoms with Crippen LogP contribution in [0.1, 0.15) is 18.4 Å². The van der Waals surface area contributed by atoms with Crippen LogP contribution in [0.25, 0.3) is 0 Å². The number of nitrogens with two attached hydrogens (primary N) is 1. The van der Waals surface area contributed by atoms with Crippen LogP contribution < -0.4 is 16.0 Å². The van der Waals surface area contributed by atoms with Gasteiger partial charge in [0.1, 0.15) is 6.10 Å². The molecule has 2 saturated heterocycles. The largest absolute Gasteiger partial charge is 0.368 e. The molecule has 3 rings (SSSR count). The Morgan fingerprint density at radius 3 is 2.56 bits per heavy atom. The van der Waals surface area contributed by atoms with Crippen molar-refractivity contribution in [1.82, 2.24) is 10.2 Å². The normalized spacial score (nSPS) is 23.6. The molecule has 0 spiro atoms. The average molecular weight is 346 g/mol. The van der Waals surface area contributed by atoms with Gasteiger partial charge in [0.05, 0.1) is 6.10 Å². The number of primary amides is 1. The monoisotopic (exact) mass is 346 g/mol. The number of amides is 3. The fourth-order valence-electron chi connectivity index (χ4n) is 3.45. The van der Waals surface area contributed by atoms with E-state index in [4.69, 9.17) is 10.5 Å². The third-order valence-electron chi connectivity index (χ3n) is 4.93. The van der Waals surface area contributed by atoms with E-state index in [0.717, 1.165) is 19.5 Å². The van der Waals surface area contributed by atoms with E-state index in [1.165, 1.54) is 11.3 Å². The maximum atomic E-state index is 12.3. The number of urea groups is 1. The first-order chi connectivity index (χ1) is 12.0. The van der Waals surface area contributed by atoms with Gasteiger partial charge in [-0.15, -0.1) is 0 Å². The number of carbonyl (C=O) groups is 2. The molecule has 2 aliphatic heterocycles. The zero-order valence-corrected chi connectivity index (χ0v) is 14.6. The highest BCUT2D eigenvalue weighted by Gasteiger charge is 2.30. The Kier molecular flexibility index (Phi) is 5.43. The van der Waals surface area contributed by atoms with E-state index in [2.05, 4.69) is 29.3 Å². The SMILES string of the molecule is Cc1ccccc1N1CCN(C(=O)NCC2CCC(C(N)=O)O2)CC1. The highest BCUT2D eigenvalue weighted by Crippen LogP contribution is 2.21. The van der Waals surface area contributed by atoms with Gasteiger partial charge in [0.2, 0.25) is 5.91 Å². The Hall–Kier alpha value is -2.28. The van der Waals surface area contributed by atoms with Crippen molar-refractivity contribution in [3.05, 3.63) is 29.8 Å². The van der Waals surface area contributed by atoms with Gasteiger partial charge in [-0.25, -0.2) is 4.79 Å². The molecule has 0 aromatic heterocycles. The molecule has 2 aliphatic rings. The number of carbonyl (C=O) groups excluding carboxylic acids is 2. The van der Waals surface area contributed by atoms with Crippen LogP contribution in [-0.2, 0) is 9.53 Å². The molecule has 0 aliphatic carbocycles. The van der Waals surface area contributed by atoms with Crippen molar-refractivity contribution in [1.29, 1.82) is 0 Å². The first-order valence-corrected chi connectivity index (χ1v) is 8.82. The first-order valence-electron chi connectivity index (χ1n) is 8.82. The zero-order chi connectivity index (χ0) is 17.8. The van der Waals surface area contributed by atoms with Gasteiger partial charge >= 0.3 is 6.03 Å². The quantitative estimate of drug-likeness (QED) is 0.846. The van der Waals surface area contributed by atoms with E-state index >= 15 is 0 Å². The van der Waals surface area contributed by atoms with Gasteiger partial charge in [-0.1, -0.05) is 18.2 Å². The van der Waals surface area contributed by atoms with Gasteiger partial charge in [0, 0.05) is 38.4 Å². The lowest BCUT2D eigenvalue weighted by atomic mass is 10.1. The van der Waals surface area contributed by atoms with Crippen LogP contribution in [0.3, 0.4) is 0 Å². The molecule has 3 N–H and O–H groups in total. The molecule has 136 valence electrons. The summed E-state index contributed by atoms with van der Waals surface area (Å²) in [5, 5.41) is 2.91. The molecule has 2 unspecified atom stereocenters. The predicted molar refractivity (Wildman–Crippen MR) is 95.5 cm³/mol. The molecule has 0 bridgehead atoms. The number of aryl methyl sites for hydroxylation is 1. The molecule has 2 heterocycles. The minimum Gasteiger partial charge on any atom is -0.368 e. The van der Waals surface area contributed by atoms with E-state index in [1.807, 2.05) is 17.0 Å². The van der Waals surface area contributed by atoms with Crippen molar-refractivity contribution in [3.63, 3.8) is 0 Å². The number of nitrogens with zero attached hydrogens (tertiary/aromatic N) is 2. The summed E-state index contributed by atoms with van der Waals surface area (Å²) in [6.45, 7) is 5.55. The molecular weight excluding hydrogens is 320 g/mol. The molecule has 1 aromatic rings. The predicted octanol–water partition coefficient (Wildman–Crippen LogP) is 0.860. The summed E-state index contributed by atoms with van der Waals surface area (Å²) in [7, 11) is 0. The number of para-hydroxylation sites is 1. The first kappa shape index (κ1) is 17.5. The molecule has 0 saturated carbocycles. The Morgan fingerprint density at radius 1 is 1.20 bits per heavy atom. The molecular formula is C18H26N4O3. The van der Waals surface area contributed by atoms with Crippen molar-refractivity contribution in [2.24, 2.45) is 5.73 Å². The highest BCUT2D eigenvalue weighted by atomic mass is 16.5. The van der Waals surface area contributed by atoms with Crippen molar-refractivity contribution in [2.75, 3.05) is 37.6 Å². The maximum Gasteiger partial charge on any atom is 0.317 e. The second-order valence-corrected chi connectivity index (χ2v) is 6.67. The third kappa shape index (κ3) is 4.22. The fourth-order valence-corrected chi connectivity index (χ4v) is 3.45. The lowest BCUT2D eigenvalue weighted by Gasteiger charge is -2.36. The van der Waals surface area contributed by atoms with E-state index < -0.39 is 12.0 Å². The number of benzene rings is 1. The van der Waals surface area contributed by atoms with Crippen LogP contribution in [-0.4, -0.2) is 61.8 Å². The summed E-state index contributed by atoms with van der Waals surface area (Å²) in [6.07, 6.45) is 0.731. The summed E-state index contributed by atoms with van der Waals surface area (Å²) in [5.74, 6) is -0.429. The summed E-state index contributed by atoms with van der Waals surface area (Å²) < 4.78 is 5.53. The standard InChI is InChI=1S/C18H26N4O3/c1-13-4-2-3-5-15(13)21-8-10-22(11-9-21)18(24)20-12-14-6-7-16(25-14)17(19)23/h2-5,14,16H,6-12H2,1H3,(H2,19,23)(H,20,24). The zero-order valence-electron chi connectivity index (χ0n) is 14.6. The van der Waals surface area contributed by atoms with E-state index in [-0.39, 0.29) is 12.1 Å². The molecule has 0 radical (unpaired) electrons. The lowest BCUT2D eigenvalue weighted by Crippen LogP contribution is -2.52. The fraction of sp³-hybridized carbons (Fsp3) is 0.556. The summed E-state index contributed by atoms with van der Waals surface area (Å²) >= 11 is 0. The Labute approximate surface area is 148 Å². The van der Waals surface area contributed by atoms with Gasteiger partial charge in [-0.05, 0) is 31.4 Å². The van der Waals surface area contributed by atoms with Crippen molar-refractivity contribution >= 4 is 17.6 Å². The van der Waals surface area contributed by atoms with Gasteiger partial charge in [-0.2, -0.15) is 0 Å². The van der Waals surface area contributed by atoms with Crippen LogP contribution in [0.2, 0.25) is 0 Å². The molecule has 1 aromatic carbocycles. The molecule has 7 nitrogen and oxygen atoms in total. The lowest BCUT2D eigenvalue weighted by molar-refractivity contribution is -0.128. The summed E-state index contributed by atoms with van der Waals surface area (Å²) in [5.41, 5.74) is 7.73. The summed E-state index contributed by atoms with van der Waals surface area (Å²) in [4.78, 5) is 27.6. The Balaban J connectivity index is 1.43. The number of rotatable bonds is 4. The van der Waals surface area contributed by atoms with E-state index in [1.54, 1.807) is 0 Å². The Morgan fingerprint density at radius 2 is 1.92 bits per heavy atom. The number of hydrogen-bond donors (Lipinski definition) is 2. The molecule has 25 heavy (non-hydrogen) atoms. The van der Waals surface area contributed by atoms with Crippen molar-refractivity contribution in [2.45, 2.75) is 32.0 Å².